The summed E-state index contributed by atoms with van der Waals surface area (Å²) in [6.07, 6.45) is -0.424. The molecule has 10 heavy (non-hydrogen) atoms. The molecule has 0 radical (unpaired) electrons. The Morgan fingerprint density at radius 2 is 1.90 bits per heavy atom. The maximum atomic E-state index is 10.5. The third-order valence-electron chi connectivity index (χ3n) is 1.23. The molecule has 0 aliphatic rings. The van der Waals surface area contributed by atoms with E-state index in [0.717, 1.165) is 0 Å². The van der Waals surface area contributed by atoms with Gasteiger partial charge in [0.15, 0.2) is 0 Å². The number of hydrogen-bond acceptors (Lipinski definition) is 3. The summed E-state index contributed by atoms with van der Waals surface area (Å²) in [6, 6.07) is 0. The molecule has 4 nitrogen and oxygen atoms in total. The molecule has 0 rings (SSSR count). The molecule has 0 saturated heterocycles. The van der Waals surface area contributed by atoms with Crippen LogP contribution in [0.3, 0.4) is 0 Å². The van der Waals surface area contributed by atoms with Crippen molar-refractivity contribution in [2.24, 2.45) is 5.14 Å². The van der Waals surface area contributed by atoms with Crippen LogP contribution >= 0.6 is 0 Å². The highest BCUT2D eigenvalue weighted by atomic mass is 32.2. The lowest BCUT2D eigenvalue weighted by Crippen LogP contribution is -2.28. The monoisotopic (exact) mass is 167 g/mol. The fraction of sp³-hybridized carbons (Fsp3) is 1.00. The van der Waals surface area contributed by atoms with Gasteiger partial charge in [-0.3, -0.25) is 0 Å². The van der Waals surface area contributed by atoms with Gasteiger partial charge in [-0.2, -0.15) is 0 Å². The van der Waals surface area contributed by atoms with Crippen LogP contribution in [0.25, 0.3) is 0 Å². The molecular formula is C5H13NO3S. The van der Waals surface area contributed by atoms with Crippen LogP contribution in [0.2, 0.25) is 0 Å². The number of hydrogen-bond donors (Lipinski definition) is 2. The van der Waals surface area contributed by atoms with Crippen molar-refractivity contribution in [1.82, 2.24) is 0 Å². The van der Waals surface area contributed by atoms with Gasteiger partial charge >= 0.3 is 0 Å². The van der Waals surface area contributed by atoms with Crippen molar-refractivity contribution < 1.29 is 13.5 Å². The Hall–Kier alpha value is -0.130. The molecule has 0 heterocycles. The normalized spacial score (nSPS) is 18.4. The third kappa shape index (κ3) is 3.81. The van der Waals surface area contributed by atoms with Gasteiger partial charge in [0.05, 0.1) is 11.4 Å². The summed E-state index contributed by atoms with van der Waals surface area (Å²) in [7, 11) is -3.46. The molecule has 0 aromatic carbocycles. The van der Waals surface area contributed by atoms with E-state index in [2.05, 4.69) is 0 Å². The summed E-state index contributed by atoms with van der Waals surface area (Å²) < 4.78 is 21.1. The smallest absolute Gasteiger partial charge is 0.211 e. The topological polar surface area (TPSA) is 80.4 Å². The van der Waals surface area contributed by atoms with Crippen LogP contribution in [0.1, 0.15) is 20.3 Å². The molecule has 3 N–H and O–H groups in total. The zero-order valence-corrected chi connectivity index (χ0v) is 6.93. The fourth-order valence-electron chi connectivity index (χ4n) is 0.614. The number of primary sulfonamides is 1. The van der Waals surface area contributed by atoms with E-state index in [1.54, 1.807) is 0 Å². The van der Waals surface area contributed by atoms with Gasteiger partial charge in [0.25, 0.3) is 0 Å². The lowest BCUT2D eigenvalue weighted by molar-refractivity contribution is 0.184. The van der Waals surface area contributed by atoms with Gasteiger partial charge in [-0.15, -0.1) is 0 Å². The third-order valence-corrected chi connectivity index (χ3v) is 2.55. The predicted molar refractivity (Wildman–Crippen MR) is 38.9 cm³/mol. The van der Waals surface area contributed by atoms with Crippen molar-refractivity contribution in [2.45, 2.75) is 31.6 Å². The van der Waals surface area contributed by atoms with E-state index >= 15 is 0 Å². The predicted octanol–water partition coefficient (Wildman–Crippen LogP) is -0.566. The van der Waals surface area contributed by atoms with E-state index in [4.69, 9.17) is 10.2 Å². The zero-order chi connectivity index (χ0) is 8.36. The van der Waals surface area contributed by atoms with Crippen LogP contribution in [-0.2, 0) is 10.0 Å². The molecule has 62 valence electrons. The Balaban J connectivity index is 3.99. The summed E-state index contributed by atoms with van der Waals surface area (Å²) in [5, 5.41) is 12.9. The van der Waals surface area contributed by atoms with Crippen LogP contribution in [0, 0.1) is 0 Å². The van der Waals surface area contributed by atoms with Gasteiger partial charge < -0.3 is 5.11 Å². The summed E-state index contributed by atoms with van der Waals surface area (Å²) in [4.78, 5) is 0. The highest BCUT2D eigenvalue weighted by Crippen LogP contribution is 2.03. The SMILES string of the molecule is CC(C[C@H](C)O)S(N)(=O)=O. The van der Waals surface area contributed by atoms with Crippen LogP contribution in [0.5, 0.6) is 0 Å². The second kappa shape index (κ2) is 3.32. The Kier molecular flexibility index (Phi) is 3.27. The van der Waals surface area contributed by atoms with Crippen molar-refractivity contribution >= 4 is 10.0 Å². The molecule has 5 heteroatoms. The first kappa shape index (κ1) is 9.87. The van der Waals surface area contributed by atoms with E-state index in [1.807, 2.05) is 0 Å². The maximum Gasteiger partial charge on any atom is 0.211 e. The molecule has 0 bridgehead atoms. The Morgan fingerprint density at radius 3 is 2.00 bits per heavy atom. The van der Waals surface area contributed by atoms with E-state index in [0.29, 0.717) is 0 Å². The summed E-state index contributed by atoms with van der Waals surface area (Å²) >= 11 is 0. The molecule has 0 amide bonds. The highest BCUT2D eigenvalue weighted by Gasteiger charge is 2.16. The average molecular weight is 167 g/mol. The first-order chi connectivity index (χ1) is 4.34. The Morgan fingerprint density at radius 1 is 1.50 bits per heavy atom. The number of aliphatic hydroxyl groups is 1. The van der Waals surface area contributed by atoms with Crippen molar-refractivity contribution in [3.63, 3.8) is 0 Å². The molecule has 0 aromatic heterocycles. The molecular weight excluding hydrogens is 154 g/mol. The summed E-state index contributed by atoms with van der Waals surface area (Å²) in [5.74, 6) is 0. The first-order valence-electron chi connectivity index (χ1n) is 3.03. The number of sulfonamides is 1. The second-order valence-corrected chi connectivity index (χ2v) is 4.47. The quantitative estimate of drug-likeness (QED) is 0.591. The highest BCUT2D eigenvalue weighted by molar-refractivity contribution is 7.89. The summed E-state index contributed by atoms with van der Waals surface area (Å²) in [6.45, 7) is 3.00. The molecule has 0 fully saturated rings. The Bertz CT molecular complexity index is 185. The van der Waals surface area contributed by atoms with E-state index in [9.17, 15) is 8.42 Å². The first-order valence-corrected chi connectivity index (χ1v) is 4.64. The second-order valence-electron chi connectivity index (χ2n) is 2.48. The summed E-state index contributed by atoms with van der Waals surface area (Å²) in [5.41, 5.74) is 0. The van der Waals surface area contributed by atoms with E-state index in [-0.39, 0.29) is 6.42 Å². The zero-order valence-electron chi connectivity index (χ0n) is 6.11. The molecule has 0 aliphatic heterocycles. The van der Waals surface area contributed by atoms with Gasteiger partial charge in [0, 0.05) is 0 Å². The average Bonchev–Trinajstić information content (AvgIpc) is 1.60. The van der Waals surface area contributed by atoms with Crippen LogP contribution in [-0.4, -0.2) is 24.9 Å². The lowest BCUT2D eigenvalue weighted by atomic mass is 10.2. The largest absolute Gasteiger partial charge is 0.393 e. The van der Waals surface area contributed by atoms with Gasteiger partial charge in [-0.05, 0) is 20.3 Å². The molecule has 0 saturated carbocycles. The standard InChI is InChI=1S/C5H13NO3S/c1-4(7)3-5(2)10(6,8)9/h4-5,7H,3H2,1-2H3,(H2,6,8,9)/t4-,5?/m0/s1. The Labute approximate surface area is 61.1 Å². The fourth-order valence-corrected chi connectivity index (χ4v) is 1.16. The molecule has 0 aliphatic carbocycles. The van der Waals surface area contributed by atoms with Crippen molar-refractivity contribution in [3.05, 3.63) is 0 Å². The lowest BCUT2D eigenvalue weighted by Gasteiger charge is -2.09. The van der Waals surface area contributed by atoms with Crippen LogP contribution < -0.4 is 5.14 Å². The molecule has 2 atom stereocenters. The van der Waals surface area contributed by atoms with Crippen molar-refractivity contribution in [1.29, 1.82) is 0 Å². The van der Waals surface area contributed by atoms with E-state index < -0.39 is 21.4 Å². The maximum absolute atomic E-state index is 10.5. The minimum atomic E-state index is -3.46. The van der Waals surface area contributed by atoms with Crippen molar-refractivity contribution in [2.75, 3.05) is 0 Å². The molecule has 0 aromatic rings. The number of aliphatic hydroxyl groups excluding tert-OH is 1. The van der Waals surface area contributed by atoms with Crippen LogP contribution in [0.4, 0.5) is 0 Å². The molecule has 1 unspecified atom stereocenters. The number of rotatable bonds is 3. The van der Waals surface area contributed by atoms with Gasteiger partial charge in [-0.1, -0.05) is 0 Å². The van der Waals surface area contributed by atoms with Gasteiger partial charge in [0.1, 0.15) is 0 Å². The molecule has 0 spiro atoms. The number of nitrogens with two attached hydrogens (primary N) is 1. The van der Waals surface area contributed by atoms with Gasteiger partial charge in [0.2, 0.25) is 10.0 Å². The minimum absolute atomic E-state index is 0.193. The van der Waals surface area contributed by atoms with E-state index in [1.165, 1.54) is 13.8 Å². The minimum Gasteiger partial charge on any atom is -0.393 e. The van der Waals surface area contributed by atoms with Crippen LogP contribution in [0.15, 0.2) is 0 Å². The van der Waals surface area contributed by atoms with Crippen molar-refractivity contribution in [3.8, 4) is 0 Å². The van der Waals surface area contributed by atoms with Gasteiger partial charge in [-0.25, -0.2) is 13.6 Å².